The second kappa shape index (κ2) is 5.87. The SMILES string of the molecule is N#Cc1ccc(NCCC(=O)NC2CC2)cc1Br. The van der Waals surface area contributed by atoms with Gasteiger partial charge in [-0.05, 0) is 47.0 Å². The van der Waals surface area contributed by atoms with Crippen molar-refractivity contribution in [3.8, 4) is 6.07 Å². The van der Waals surface area contributed by atoms with Crippen molar-refractivity contribution in [3.05, 3.63) is 28.2 Å². The van der Waals surface area contributed by atoms with Gasteiger partial charge in [0.15, 0.2) is 0 Å². The molecule has 0 radical (unpaired) electrons. The van der Waals surface area contributed by atoms with Crippen LogP contribution in [-0.2, 0) is 4.79 Å². The molecule has 1 saturated carbocycles. The standard InChI is InChI=1S/C13H14BrN3O/c14-12-7-11(2-1-9(12)8-15)16-6-5-13(18)17-10-3-4-10/h1-2,7,10,16H,3-6H2,(H,17,18). The van der Waals surface area contributed by atoms with E-state index in [1.807, 2.05) is 12.1 Å². The fourth-order valence-electron chi connectivity index (χ4n) is 1.56. The van der Waals surface area contributed by atoms with E-state index in [1.165, 1.54) is 0 Å². The lowest BCUT2D eigenvalue weighted by Gasteiger charge is -2.07. The summed E-state index contributed by atoms with van der Waals surface area (Å²) in [5.41, 5.74) is 1.51. The van der Waals surface area contributed by atoms with Gasteiger partial charge in [0.05, 0.1) is 5.56 Å². The summed E-state index contributed by atoms with van der Waals surface area (Å²) < 4.78 is 0.762. The molecule has 0 unspecified atom stereocenters. The van der Waals surface area contributed by atoms with Crippen molar-refractivity contribution < 1.29 is 4.79 Å². The number of nitrogens with zero attached hydrogens (tertiary/aromatic N) is 1. The summed E-state index contributed by atoms with van der Waals surface area (Å²) in [7, 11) is 0. The Morgan fingerprint density at radius 2 is 2.28 bits per heavy atom. The van der Waals surface area contributed by atoms with E-state index in [4.69, 9.17) is 5.26 Å². The van der Waals surface area contributed by atoms with Crippen LogP contribution in [0.15, 0.2) is 22.7 Å². The van der Waals surface area contributed by atoms with Gasteiger partial charge in [0.25, 0.3) is 0 Å². The lowest BCUT2D eigenvalue weighted by molar-refractivity contribution is -0.120. The lowest BCUT2D eigenvalue weighted by Crippen LogP contribution is -2.27. The van der Waals surface area contributed by atoms with Crippen LogP contribution in [0, 0.1) is 11.3 Å². The van der Waals surface area contributed by atoms with E-state index in [0.29, 0.717) is 24.6 Å². The molecular formula is C13H14BrN3O. The normalized spacial score (nSPS) is 13.8. The number of carbonyl (C=O) groups excluding carboxylic acids is 1. The first-order chi connectivity index (χ1) is 8.69. The maximum Gasteiger partial charge on any atom is 0.221 e. The number of nitriles is 1. The van der Waals surface area contributed by atoms with Crippen molar-refractivity contribution in [1.82, 2.24) is 5.32 Å². The van der Waals surface area contributed by atoms with Gasteiger partial charge in [0.2, 0.25) is 5.91 Å². The summed E-state index contributed by atoms with van der Waals surface area (Å²) in [6.07, 6.45) is 2.69. The first-order valence-corrected chi connectivity index (χ1v) is 6.71. The average molecular weight is 308 g/mol. The van der Waals surface area contributed by atoms with Gasteiger partial charge < -0.3 is 10.6 Å². The van der Waals surface area contributed by atoms with Crippen LogP contribution in [0.25, 0.3) is 0 Å². The number of benzene rings is 1. The Labute approximate surface area is 115 Å². The molecule has 94 valence electrons. The molecule has 1 aliphatic carbocycles. The zero-order valence-electron chi connectivity index (χ0n) is 9.87. The van der Waals surface area contributed by atoms with Gasteiger partial charge in [0, 0.05) is 29.2 Å². The van der Waals surface area contributed by atoms with E-state index < -0.39 is 0 Å². The molecule has 1 aromatic rings. The van der Waals surface area contributed by atoms with Crippen LogP contribution >= 0.6 is 15.9 Å². The van der Waals surface area contributed by atoms with Gasteiger partial charge in [-0.2, -0.15) is 5.26 Å². The van der Waals surface area contributed by atoms with Gasteiger partial charge in [-0.15, -0.1) is 0 Å². The van der Waals surface area contributed by atoms with Crippen molar-refractivity contribution in [2.75, 3.05) is 11.9 Å². The molecule has 5 heteroatoms. The van der Waals surface area contributed by atoms with Crippen molar-refractivity contribution >= 4 is 27.5 Å². The van der Waals surface area contributed by atoms with Crippen molar-refractivity contribution in [2.45, 2.75) is 25.3 Å². The minimum absolute atomic E-state index is 0.0951. The van der Waals surface area contributed by atoms with Crippen LogP contribution in [0.5, 0.6) is 0 Å². The van der Waals surface area contributed by atoms with Crippen LogP contribution in [0.3, 0.4) is 0 Å². The first-order valence-electron chi connectivity index (χ1n) is 5.92. The smallest absolute Gasteiger partial charge is 0.221 e. The minimum atomic E-state index is 0.0951. The van der Waals surface area contributed by atoms with Gasteiger partial charge in [-0.3, -0.25) is 4.79 Å². The predicted molar refractivity (Wildman–Crippen MR) is 73.1 cm³/mol. The molecule has 2 rings (SSSR count). The molecule has 0 atom stereocenters. The summed E-state index contributed by atoms with van der Waals surface area (Å²) in [5, 5.41) is 14.9. The van der Waals surface area contributed by atoms with Gasteiger partial charge >= 0.3 is 0 Å². The molecule has 0 aliphatic heterocycles. The maximum atomic E-state index is 11.4. The molecule has 0 spiro atoms. The third kappa shape index (κ3) is 3.74. The molecule has 1 fully saturated rings. The van der Waals surface area contributed by atoms with E-state index in [9.17, 15) is 4.79 Å². The summed E-state index contributed by atoms with van der Waals surface area (Å²) in [6, 6.07) is 7.93. The van der Waals surface area contributed by atoms with E-state index >= 15 is 0 Å². The minimum Gasteiger partial charge on any atom is -0.384 e. The Morgan fingerprint density at radius 3 is 2.89 bits per heavy atom. The Morgan fingerprint density at radius 1 is 1.50 bits per heavy atom. The molecule has 18 heavy (non-hydrogen) atoms. The highest BCUT2D eigenvalue weighted by molar-refractivity contribution is 9.10. The van der Waals surface area contributed by atoms with Crippen LogP contribution < -0.4 is 10.6 Å². The lowest BCUT2D eigenvalue weighted by atomic mass is 10.2. The number of hydrogen-bond donors (Lipinski definition) is 2. The molecule has 1 amide bonds. The quantitative estimate of drug-likeness (QED) is 0.878. The third-order valence-corrected chi connectivity index (χ3v) is 3.37. The molecule has 0 aromatic heterocycles. The highest BCUT2D eigenvalue weighted by atomic mass is 79.9. The topological polar surface area (TPSA) is 64.9 Å². The Kier molecular flexibility index (Phi) is 4.21. The molecule has 2 N–H and O–H groups in total. The monoisotopic (exact) mass is 307 g/mol. The molecule has 4 nitrogen and oxygen atoms in total. The first kappa shape index (κ1) is 12.9. The number of rotatable bonds is 5. The van der Waals surface area contributed by atoms with E-state index in [2.05, 4.69) is 32.6 Å². The molecule has 1 aliphatic rings. The molecule has 0 saturated heterocycles. The van der Waals surface area contributed by atoms with Gasteiger partial charge in [-0.1, -0.05) is 0 Å². The van der Waals surface area contributed by atoms with Gasteiger partial charge in [0.1, 0.15) is 6.07 Å². The van der Waals surface area contributed by atoms with Crippen molar-refractivity contribution in [3.63, 3.8) is 0 Å². The second-order valence-electron chi connectivity index (χ2n) is 4.32. The number of carbonyl (C=O) groups is 1. The molecular weight excluding hydrogens is 294 g/mol. The maximum absolute atomic E-state index is 11.4. The highest BCUT2D eigenvalue weighted by Crippen LogP contribution is 2.21. The number of amides is 1. The Balaban J connectivity index is 1.77. The highest BCUT2D eigenvalue weighted by Gasteiger charge is 2.22. The molecule has 0 bridgehead atoms. The molecule has 1 aromatic carbocycles. The third-order valence-electron chi connectivity index (χ3n) is 2.71. The van der Waals surface area contributed by atoms with Crippen LogP contribution in [0.1, 0.15) is 24.8 Å². The zero-order valence-corrected chi connectivity index (χ0v) is 11.5. The van der Waals surface area contributed by atoms with Crippen LogP contribution in [0.2, 0.25) is 0 Å². The van der Waals surface area contributed by atoms with E-state index in [1.54, 1.807) is 6.07 Å². The summed E-state index contributed by atoms with van der Waals surface area (Å²) in [6.45, 7) is 0.594. The van der Waals surface area contributed by atoms with Crippen molar-refractivity contribution in [2.24, 2.45) is 0 Å². The van der Waals surface area contributed by atoms with Crippen molar-refractivity contribution in [1.29, 1.82) is 5.26 Å². The zero-order chi connectivity index (χ0) is 13.0. The van der Waals surface area contributed by atoms with Crippen LogP contribution in [0.4, 0.5) is 5.69 Å². The fraction of sp³-hybridized carbons (Fsp3) is 0.385. The summed E-state index contributed by atoms with van der Waals surface area (Å²) >= 11 is 3.33. The average Bonchev–Trinajstić information content (AvgIpc) is 3.13. The Bertz CT molecular complexity index is 491. The van der Waals surface area contributed by atoms with E-state index in [-0.39, 0.29) is 5.91 Å². The largest absolute Gasteiger partial charge is 0.384 e. The number of hydrogen-bond acceptors (Lipinski definition) is 3. The fourth-order valence-corrected chi connectivity index (χ4v) is 2.03. The summed E-state index contributed by atoms with van der Waals surface area (Å²) in [5.74, 6) is 0.0951. The number of anilines is 1. The van der Waals surface area contributed by atoms with E-state index in [0.717, 1.165) is 23.0 Å². The number of nitrogens with one attached hydrogen (secondary N) is 2. The second-order valence-corrected chi connectivity index (χ2v) is 5.18. The summed E-state index contributed by atoms with van der Waals surface area (Å²) in [4.78, 5) is 11.4. The van der Waals surface area contributed by atoms with Crippen LogP contribution in [-0.4, -0.2) is 18.5 Å². The predicted octanol–water partition coefficient (Wildman–Crippen LogP) is 2.40. The Hall–Kier alpha value is -1.54. The molecule has 0 heterocycles. The van der Waals surface area contributed by atoms with Gasteiger partial charge in [-0.25, -0.2) is 0 Å². The number of halogens is 1.